The number of ether oxygens (including phenoxy) is 2. The summed E-state index contributed by atoms with van der Waals surface area (Å²) in [5.74, 6) is -0.857. The van der Waals surface area contributed by atoms with Crippen LogP contribution < -0.4 is 14.8 Å². The van der Waals surface area contributed by atoms with Crippen molar-refractivity contribution in [3.05, 3.63) is 41.6 Å². The second-order valence-corrected chi connectivity index (χ2v) is 5.41. The lowest BCUT2D eigenvalue weighted by Crippen LogP contribution is -2.25. The maximum absolute atomic E-state index is 12.6. The van der Waals surface area contributed by atoms with Gasteiger partial charge in [-0.05, 0) is 18.2 Å². The van der Waals surface area contributed by atoms with Crippen LogP contribution in [-0.4, -0.2) is 39.4 Å². The van der Waals surface area contributed by atoms with E-state index in [4.69, 9.17) is 4.74 Å². The number of carbonyl (C=O) groups excluding carboxylic acids is 1. The monoisotopic (exact) mass is 381 g/mol. The molecule has 0 radical (unpaired) electrons. The van der Waals surface area contributed by atoms with E-state index in [-0.39, 0.29) is 28.9 Å². The lowest BCUT2D eigenvalue weighted by Gasteiger charge is -2.16. The number of aryl methyl sites for hydroxylation is 1. The molecule has 142 valence electrons. The van der Waals surface area contributed by atoms with Gasteiger partial charge in [-0.3, -0.25) is 4.79 Å². The van der Waals surface area contributed by atoms with E-state index >= 15 is 0 Å². The van der Waals surface area contributed by atoms with Crippen LogP contribution in [0.25, 0.3) is 11.2 Å². The van der Waals surface area contributed by atoms with Crippen LogP contribution in [0.4, 0.5) is 13.2 Å². The minimum absolute atomic E-state index is 0.0510. The molecule has 0 aliphatic rings. The van der Waals surface area contributed by atoms with E-state index in [2.05, 4.69) is 25.3 Å². The van der Waals surface area contributed by atoms with Gasteiger partial charge >= 0.3 is 6.36 Å². The van der Waals surface area contributed by atoms with Crippen molar-refractivity contribution in [1.29, 1.82) is 0 Å². The molecule has 0 unspecified atom stereocenters. The smallest absolute Gasteiger partial charge is 0.496 e. The lowest BCUT2D eigenvalue weighted by molar-refractivity contribution is -0.274. The SMILES string of the molecule is COc1cccc(OC(F)(F)F)c1CNC(=O)c1ccnc2c1nnn2C. The largest absolute Gasteiger partial charge is 0.573 e. The second kappa shape index (κ2) is 7.09. The lowest BCUT2D eigenvalue weighted by atomic mass is 10.1. The minimum atomic E-state index is -4.87. The van der Waals surface area contributed by atoms with Crippen molar-refractivity contribution in [3.8, 4) is 11.5 Å². The first kappa shape index (κ1) is 18.4. The highest BCUT2D eigenvalue weighted by atomic mass is 19.4. The zero-order valence-electron chi connectivity index (χ0n) is 14.2. The summed E-state index contributed by atoms with van der Waals surface area (Å²) >= 11 is 0. The van der Waals surface area contributed by atoms with Crippen LogP contribution in [0.1, 0.15) is 15.9 Å². The second-order valence-electron chi connectivity index (χ2n) is 5.41. The van der Waals surface area contributed by atoms with Gasteiger partial charge in [-0.2, -0.15) is 0 Å². The molecule has 1 amide bonds. The number of halogens is 3. The molecule has 0 saturated carbocycles. The molecule has 0 bridgehead atoms. The highest BCUT2D eigenvalue weighted by Crippen LogP contribution is 2.32. The average Bonchev–Trinajstić information content (AvgIpc) is 3.00. The van der Waals surface area contributed by atoms with Crippen molar-refractivity contribution < 1.29 is 27.4 Å². The first-order chi connectivity index (χ1) is 12.8. The predicted octanol–water partition coefficient (Wildman–Crippen LogP) is 2.20. The maximum Gasteiger partial charge on any atom is 0.573 e. The number of pyridine rings is 1. The fourth-order valence-electron chi connectivity index (χ4n) is 2.51. The zero-order valence-corrected chi connectivity index (χ0v) is 14.2. The zero-order chi connectivity index (χ0) is 19.6. The molecule has 27 heavy (non-hydrogen) atoms. The number of hydrogen-bond acceptors (Lipinski definition) is 6. The van der Waals surface area contributed by atoms with Crippen molar-refractivity contribution in [2.45, 2.75) is 12.9 Å². The molecule has 0 aliphatic heterocycles. The number of carbonyl (C=O) groups is 1. The van der Waals surface area contributed by atoms with Crippen molar-refractivity contribution in [2.24, 2.45) is 7.05 Å². The van der Waals surface area contributed by atoms with E-state index in [1.807, 2.05) is 0 Å². The topological polar surface area (TPSA) is 91.2 Å². The molecule has 1 N–H and O–H groups in total. The van der Waals surface area contributed by atoms with E-state index in [0.29, 0.717) is 5.65 Å². The molecular weight excluding hydrogens is 367 g/mol. The van der Waals surface area contributed by atoms with Gasteiger partial charge in [-0.15, -0.1) is 18.3 Å². The molecule has 0 atom stereocenters. The highest BCUT2D eigenvalue weighted by molar-refractivity contribution is 6.03. The summed E-state index contributed by atoms with van der Waals surface area (Å²) in [6.07, 6.45) is -3.45. The number of nitrogens with zero attached hydrogens (tertiary/aromatic N) is 4. The number of hydrogen-bond donors (Lipinski definition) is 1. The predicted molar refractivity (Wildman–Crippen MR) is 87.2 cm³/mol. The first-order valence-electron chi connectivity index (χ1n) is 7.64. The molecule has 0 aliphatic carbocycles. The third-order valence-electron chi connectivity index (χ3n) is 3.70. The van der Waals surface area contributed by atoms with Gasteiger partial charge in [0.1, 0.15) is 17.0 Å². The van der Waals surface area contributed by atoms with Gasteiger partial charge in [0.25, 0.3) is 5.91 Å². The molecular formula is C16H14F3N5O3. The summed E-state index contributed by atoms with van der Waals surface area (Å²) in [4.78, 5) is 16.6. The molecule has 8 nitrogen and oxygen atoms in total. The van der Waals surface area contributed by atoms with Crippen molar-refractivity contribution in [1.82, 2.24) is 25.3 Å². The normalized spacial score (nSPS) is 11.4. The Labute approximate surface area is 150 Å². The number of alkyl halides is 3. The Kier molecular flexibility index (Phi) is 4.84. The Morgan fingerprint density at radius 2 is 2.00 bits per heavy atom. The van der Waals surface area contributed by atoms with Crippen LogP contribution in [0, 0.1) is 0 Å². The summed E-state index contributed by atoms with van der Waals surface area (Å²) in [6.45, 7) is -0.252. The first-order valence-corrected chi connectivity index (χ1v) is 7.64. The fourth-order valence-corrected chi connectivity index (χ4v) is 2.51. The van der Waals surface area contributed by atoms with Crippen LogP contribution in [0.3, 0.4) is 0 Å². The van der Waals surface area contributed by atoms with Crippen LogP contribution in [0.5, 0.6) is 11.5 Å². The van der Waals surface area contributed by atoms with E-state index in [1.54, 1.807) is 7.05 Å². The Hall–Kier alpha value is -3.37. The van der Waals surface area contributed by atoms with Crippen molar-refractivity contribution in [3.63, 3.8) is 0 Å². The Bertz CT molecular complexity index is 987. The van der Waals surface area contributed by atoms with Gasteiger partial charge in [-0.25, -0.2) is 9.67 Å². The third-order valence-corrected chi connectivity index (χ3v) is 3.70. The van der Waals surface area contributed by atoms with E-state index in [1.165, 1.54) is 36.2 Å². The van der Waals surface area contributed by atoms with E-state index in [0.717, 1.165) is 6.07 Å². The molecule has 2 heterocycles. The van der Waals surface area contributed by atoms with Gasteiger partial charge in [0.15, 0.2) is 5.65 Å². The van der Waals surface area contributed by atoms with Crippen molar-refractivity contribution in [2.75, 3.05) is 7.11 Å². The summed E-state index contributed by atoms with van der Waals surface area (Å²) in [6, 6.07) is 5.42. The molecule has 3 aromatic rings. The van der Waals surface area contributed by atoms with Crippen LogP contribution in [0.15, 0.2) is 30.5 Å². The average molecular weight is 381 g/mol. The summed E-state index contributed by atoms with van der Waals surface area (Å²) in [5.41, 5.74) is 0.932. The molecule has 1 aromatic carbocycles. The molecule has 2 aromatic heterocycles. The summed E-state index contributed by atoms with van der Waals surface area (Å²) in [5, 5.41) is 10.2. The highest BCUT2D eigenvalue weighted by Gasteiger charge is 2.32. The quantitative estimate of drug-likeness (QED) is 0.729. The molecule has 3 rings (SSSR count). The molecule has 0 saturated heterocycles. The summed E-state index contributed by atoms with van der Waals surface area (Å²) in [7, 11) is 2.93. The number of aromatic nitrogens is 4. The Balaban J connectivity index is 1.86. The minimum Gasteiger partial charge on any atom is -0.496 e. The van der Waals surface area contributed by atoms with Gasteiger partial charge in [0.2, 0.25) is 0 Å². The maximum atomic E-state index is 12.6. The van der Waals surface area contributed by atoms with E-state index in [9.17, 15) is 18.0 Å². The van der Waals surface area contributed by atoms with Crippen molar-refractivity contribution >= 4 is 17.1 Å². The standard InChI is InChI=1S/C16H14F3N5O3/c1-24-14-13(22-23-24)9(6-7-20-14)15(25)21-8-10-11(26-2)4-3-5-12(10)27-16(17,18)19/h3-7H,8H2,1-2H3,(H,21,25). The Morgan fingerprint density at radius 1 is 1.26 bits per heavy atom. The van der Waals surface area contributed by atoms with Gasteiger partial charge in [0.05, 0.1) is 24.8 Å². The number of benzene rings is 1. The van der Waals surface area contributed by atoms with Gasteiger partial charge in [-0.1, -0.05) is 11.3 Å². The number of amides is 1. The van der Waals surface area contributed by atoms with Gasteiger partial charge in [0, 0.05) is 13.2 Å². The number of fused-ring (bicyclic) bond motifs is 1. The molecule has 0 fully saturated rings. The van der Waals surface area contributed by atoms with Crippen LogP contribution in [-0.2, 0) is 13.6 Å². The third kappa shape index (κ3) is 3.91. The van der Waals surface area contributed by atoms with Gasteiger partial charge < -0.3 is 14.8 Å². The van der Waals surface area contributed by atoms with Crippen LogP contribution in [0.2, 0.25) is 0 Å². The summed E-state index contributed by atoms with van der Waals surface area (Å²) < 4.78 is 48.4. The van der Waals surface area contributed by atoms with Crippen LogP contribution >= 0.6 is 0 Å². The fraction of sp³-hybridized carbons (Fsp3) is 0.250. The molecule has 11 heteroatoms. The number of methoxy groups -OCH3 is 1. The Morgan fingerprint density at radius 3 is 2.70 bits per heavy atom. The van der Waals surface area contributed by atoms with E-state index < -0.39 is 18.0 Å². The number of nitrogens with one attached hydrogen (secondary N) is 1. The number of rotatable bonds is 5. The molecule has 0 spiro atoms.